The Balaban J connectivity index is 3.12. The zero-order valence-electron chi connectivity index (χ0n) is 6.43. The molecule has 0 aliphatic heterocycles. The lowest BCUT2D eigenvalue weighted by atomic mass is 10.2. The highest BCUT2D eigenvalue weighted by molar-refractivity contribution is 5.97. The van der Waals surface area contributed by atoms with Crippen LogP contribution in [0.2, 0.25) is 0 Å². The van der Waals surface area contributed by atoms with E-state index in [1.54, 1.807) is 0 Å². The largest absolute Gasteiger partial charge is 0.366 e. The molecule has 6 heteroatoms. The highest BCUT2D eigenvalue weighted by atomic mass is 16.3. The Morgan fingerprint density at radius 2 is 2.15 bits per heavy atom. The van der Waals surface area contributed by atoms with Crippen molar-refractivity contribution in [3.8, 4) is 0 Å². The summed E-state index contributed by atoms with van der Waals surface area (Å²) in [5, 5.41) is 2.16. The summed E-state index contributed by atoms with van der Waals surface area (Å²) in [6.07, 6.45) is 1.21. The van der Waals surface area contributed by atoms with Gasteiger partial charge in [0, 0.05) is 16.9 Å². The molecule has 2 N–H and O–H groups in total. The third-order valence-corrected chi connectivity index (χ3v) is 1.35. The Morgan fingerprint density at radius 1 is 1.46 bits per heavy atom. The predicted octanol–water partition coefficient (Wildman–Crippen LogP) is 0.0871. The molecule has 1 aromatic rings. The lowest BCUT2D eigenvalue weighted by Gasteiger charge is -1.95. The molecule has 0 bridgehead atoms. The maximum Gasteiger partial charge on any atom is 0.335 e. The smallest absolute Gasteiger partial charge is 0.335 e. The molecule has 0 fully saturated rings. The van der Waals surface area contributed by atoms with Gasteiger partial charge in [0.25, 0.3) is 0 Å². The third kappa shape index (κ3) is 1.92. The van der Waals surface area contributed by atoms with Crippen LogP contribution in [-0.4, -0.2) is 16.8 Å². The van der Waals surface area contributed by atoms with Gasteiger partial charge in [0.1, 0.15) is 5.69 Å². The van der Waals surface area contributed by atoms with Crippen molar-refractivity contribution in [2.24, 2.45) is 10.9 Å². The second-order valence-corrected chi connectivity index (χ2v) is 2.19. The summed E-state index contributed by atoms with van der Waals surface area (Å²) in [7, 11) is 0. The first kappa shape index (κ1) is 8.98. The highest BCUT2D eigenvalue weighted by Crippen LogP contribution is 2.02. The van der Waals surface area contributed by atoms with E-state index in [0.29, 0.717) is 0 Å². The summed E-state index contributed by atoms with van der Waals surface area (Å²) in [6, 6.07) is 2.45. The zero-order chi connectivity index (χ0) is 9.84. The number of nitrogens with two attached hydrogens (primary N) is 1. The van der Waals surface area contributed by atoms with Crippen LogP contribution in [0.4, 0.5) is 0 Å². The van der Waals surface area contributed by atoms with Crippen molar-refractivity contribution >= 4 is 11.8 Å². The molecule has 1 aromatic heterocycles. The molecule has 2 amide bonds. The van der Waals surface area contributed by atoms with Crippen molar-refractivity contribution in [2.75, 3.05) is 0 Å². The SMILES string of the molecule is NC(=O)c1ccnc(C(=O)N=O)c1. The molecular weight excluding hydrogens is 174 g/mol. The summed E-state index contributed by atoms with van der Waals surface area (Å²) in [5.74, 6) is -1.72. The second kappa shape index (κ2) is 3.53. The van der Waals surface area contributed by atoms with Gasteiger partial charge in [-0.15, -0.1) is 4.91 Å². The van der Waals surface area contributed by atoms with Crippen LogP contribution in [0.25, 0.3) is 0 Å². The van der Waals surface area contributed by atoms with E-state index in [0.717, 1.165) is 6.07 Å². The van der Waals surface area contributed by atoms with Crippen molar-refractivity contribution in [3.05, 3.63) is 34.5 Å². The summed E-state index contributed by atoms with van der Waals surface area (Å²) in [4.78, 5) is 34.7. The fourth-order valence-corrected chi connectivity index (χ4v) is 0.748. The minimum Gasteiger partial charge on any atom is -0.366 e. The average Bonchev–Trinajstić information content (AvgIpc) is 2.17. The van der Waals surface area contributed by atoms with Crippen LogP contribution in [-0.2, 0) is 0 Å². The average molecular weight is 179 g/mol. The number of rotatable bonds is 2. The van der Waals surface area contributed by atoms with Gasteiger partial charge < -0.3 is 5.73 Å². The molecule has 1 rings (SSSR count). The molecule has 13 heavy (non-hydrogen) atoms. The van der Waals surface area contributed by atoms with E-state index in [1.807, 2.05) is 0 Å². The van der Waals surface area contributed by atoms with Crippen LogP contribution in [0.15, 0.2) is 23.5 Å². The molecule has 0 saturated carbocycles. The van der Waals surface area contributed by atoms with Gasteiger partial charge in [-0.05, 0) is 12.1 Å². The Bertz CT molecular complexity index is 375. The number of pyridine rings is 1. The Kier molecular flexibility index (Phi) is 2.44. The summed E-state index contributed by atoms with van der Waals surface area (Å²) < 4.78 is 0. The van der Waals surface area contributed by atoms with E-state index in [2.05, 4.69) is 10.2 Å². The Labute approximate surface area is 72.7 Å². The van der Waals surface area contributed by atoms with Crippen LogP contribution in [0.3, 0.4) is 0 Å². The summed E-state index contributed by atoms with van der Waals surface area (Å²) in [6.45, 7) is 0. The molecule has 0 aliphatic rings. The predicted molar refractivity (Wildman–Crippen MR) is 42.9 cm³/mol. The number of nitrogens with zero attached hydrogens (tertiary/aromatic N) is 2. The second-order valence-electron chi connectivity index (χ2n) is 2.19. The zero-order valence-corrected chi connectivity index (χ0v) is 6.43. The van der Waals surface area contributed by atoms with Gasteiger partial charge in [-0.3, -0.25) is 14.6 Å². The first-order valence-electron chi connectivity index (χ1n) is 3.28. The lowest BCUT2D eigenvalue weighted by Crippen LogP contribution is -2.12. The number of hydrogen-bond acceptors (Lipinski definition) is 4. The quantitative estimate of drug-likeness (QED) is 0.649. The van der Waals surface area contributed by atoms with Crippen LogP contribution >= 0.6 is 0 Å². The monoisotopic (exact) mass is 179 g/mol. The Hall–Kier alpha value is -2.11. The fourth-order valence-electron chi connectivity index (χ4n) is 0.748. The minimum atomic E-state index is -1.02. The van der Waals surface area contributed by atoms with Crippen LogP contribution in [0.1, 0.15) is 20.8 Å². The van der Waals surface area contributed by atoms with Crippen molar-refractivity contribution in [3.63, 3.8) is 0 Å². The number of amides is 2. The van der Waals surface area contributed by atoms with Gasteiger partial charge >= 0.3 is 5.91 Å². The van der Waals surface area contributed by atoms with E-state index in [4.69, 9.17) is 5.73 Å². The molecule has 1 heterocycles. The maximum absolute atomic E-state index is 10.7. The van der Waals surface area contributed by atoms with Crippen molar-refractivity contribution in [2.45, 2.75) is 0 Å². The van der Waals surface area contributed by atoms with Crippen molar-refractivity contribution < 1.29 is 9.59 Å². The molecule has 66 valence electrons. The van der Waals surface area contributed by atoms with Crippen LogP contribution in [0.5, 0.6) is 0 Å². The van der Waals surface area contributed by atoms with Gasteiger partial charge in [0.15, 0.2) is 0 Å². The number of carbonyl (C=O) groups excluding carboxylic acids is 2. The number of primary amides is 1. The molecule has 0 spiro atoms. The van der Waals surface area contributed by atoms with Crippen molar-refractivity contribution in [1.82, 2.24) is 4.98 Å². The van der Waals surface area contributed by atoms with E-state index in [9.17, 15) is 14.5 Å². The standard InChI is InChI=1S/C7H5N3O3/c8-6(11)4-1-2-9-5(3-4)7(12)10-13/h1-3H,(H2,8,11). The normalized spacial score (nSPS) is 9.23. The summed E-state index contributed by atoms with van der Waals surface area (Å²) in [5.41, 5.74) is 4.86. The van der Waals surface area contributed by atoms with E-state index in [-0.39, 0.29) is 11.3 Å². The van der Waals surface area contributed by atoms with E-state index < -0.39 is 11.8 Å². The number of aromatic nitrogens is 1. The Morgan fingerprint density at radius 3 is 2.69 bits per heavy atom. The van der Waals surface area contributed by atoms with E-state index in [1.165, 1.54) is 12.3 Å². The molecule has 6 nitrogen and oxygen atoms in total. The third-order valence-electron chi connectivity index (χ3n) is 1.35. The topological polar surface area (TPSA) is 102 Å². The van der Waals surface area contributed by atoms with E-state index >= 15 is 0 Å². The summed E-state index contributed by atoms with van der Waals surface area (Å²) >= 11 is 0. The number of nitroso groups, excluding NO2 is 1. The molecule has 0 aliphatic carbocycles. The molecule has 0 radical (unpaired) electrons. The van der Waals surface area contributed by atoms with Crippen LogP contribution < -0.4 is 5.73 Å². The first-order valence-corrected chi connectivity index (χ1v) is 3.28. The van der Waals surface area contributed by atoms with Gasteiger partial charge in [-0.25, -0.2) is 0 Å². The van der Waals surface area contributed by atoms with Crippen molar-refractivity contribution in [1.29, 1.82) is 0 Å². The highest BCUT2D eigenvalue weighted by Gasteiger charge is 2.09. The maximum atomic E-state index is 10.7. The minimum absolute atomic E-state index is 0.113. The van der Waals surface area contributed by atoms with Gasteiger partial charge in [0.2, 0.25) is 5.91 Å². The number of carbonyl (C=O) groups is 2. The molecule has 0 atom stereocenters. The van der Waals surface area contributed by atoms with Gasteiger partial charge in [0.05, 0.1) is 0 Å². The molecule has 0 saturated heterocycles. The van der Waals surface area contributed by atoms with Gasteiger partial charge in [-0.2, -0.15) is 0 Å². The molecular formula is C7H5N3O3. The number of hydrogen-bond donors (Lipinski definition) is 1. The van der Waals surface area contributed by atoms with Crippen LogP contribution in [0, 0.1) is 4.91 Å². The lowest BCUT2D eigenvalue weighted by molar-refractivity contribution is 0.0996. The fraction of sp³-hybridized carbons (Fsp3) is 0. The molecule has 0 unspecified atom stereocenters. The first-order chi connectivity index (χ1) is 6.15. The van der Waals surface area contributed by atoms with Gasteiger partial charge in [-0.1, -0.05) is 0 Å². The molecule has 0 aromatic carbocycles.